The fraction of sp³-hybridized carbons (Fsp3) is 0.609. The van der Waals surface area contributed by atoms with Crippen molar-refractivity contribution < 1.29 is 23.9 Å². The summed E-state index contributed by atoms with van der Waals surface area (Å²) in [7, 11) is 3.13. The van der Waals surface area contributed by atoms with Crippen molar-refractivity contribution in [3.8, 4) is 11.5 Å². The molecule has 1 aromatic rings. The maximum Gasteiger partial charge on any atom is 0.324 e. The van der Waals surface area contributed by atoms with Crippen LogP contribution in [0.1, 0.15) is 38.2 Å². The van der Waals surface area contributed by atoms with E-state index < -0.39 is 12.1 Å². The Morgan fingerprint density at radius 1 is 1.22 bits per heavy atom. The van der Waals surface area contributed by atoms with Crippen molar-refractivity contribution in [2.45, 2.75) is 51.1 Å². The first-order valence-corrected chi connectivity index (χ1v) is 11.3. The molecule has 0 unspecified atom stereocenters. The Labute approximate surface area is 189 Å². The van der Waals surface area contributed by atoms with Crippen LogP contribution in [0, 0.1) is 0 Å². The first-order chi connectivity index (χ1) is 15.5. The van der Waals surface area contributed by atoms with Gasteiger partial charge in [0.1, 0.15) is 6.04 Å². The number of nitrogens with zero attached hydrogens (tertiary/aromatic N) is 2. The maximum absolute atomic E-state index is 12.7. The number of carbonyl (C=O) groups excluding carboxylic acids is 3. The molecule has 4 amide bonds. The quantitative estimate of drug-likeness (QED) is 0.500. The van der Waals surface area contributed by atoms with E-state index in [0.717, 1.165) is 31.5 Å². The van der Waals surface area contributed by atoms with Gasteiger partial charge in [-0.2, -0.15) is 0 Å². The molecule has 3 rings (SSSR count). The van der Waals surface area contributed by atoms with Gasteiger partial charge in [0.05, 0.1) is 14.2 Å². The van der Waals surface area contributed by atoms with Gasteiger partial charge in [-0.3, -0.25) is 19.4 Å². The highest BCUT2D eigenvalue weighted by molar-refractivity contribution is 6.04. The van der Waals surface area contributed by atoms with Crippen molar-refractivity contribution in [2.75, 3.05) is 40.4 Å². The van der Waals surface area contributed by atoms with Crippen LogP contribution in [0.2, 0.25) is 0 Å². The third-order valence-electron chi connectivity index (χ3n) is 6.28. The average molecular weight is 447 g/mol. The molecule has 0 radical (unpaired) electrons. The van der Waals surface area contributed by atoms with Gasteiger partial charge in [0.2, 0.25) is 5.91 Å². The molecule has 2 aliphatic rings. The summed E-state index contributed by atoms with van der Waals surface area (Å²) >= 11 is 0. The number of methoxy groups -OCH3 is 2. The molecule has 9 heteroatoms. The van der Waals surface area contributed by atoms with Crippen molar-refractivity contribution in [1.29, 1.82) is 0 Å². The second-order valence-electron chi connectivity index (χ2n) is 8.20. The molecule has 0 spiro atoms. The van der Waals surface area contributed by atoms with E-state index in [0.29, 0.717) is 36.9 Å². The molecule has 1 aromatic carbocycles. The van der Waals surface area contributed by atoms with Gasteiger partial charge < -0.3 is 20.1 Å². The number of carbonyl (C=O) groups is 3. The molecule has 2 heterocycles. The van der Waals surface area contributed by atoms with E-state index in [9.17, 15) is 14.4 Å². The highest BCUT2D eigenvalue weighted by atomic mass is 16.5. The first-order valence-electron chi connectivity index (χ1n) is 11.3. The molecule has 2 saturated heterocycles. The molecular weight excluding hydrogens is 412 g/mol. The Hall–Kier alpha value is -2.81. The summed E-state index contributed by atoms with van der Waals surface area (Å²) in [5.41, 5.74) is 0.930. The van der Waals surface area contributed by atoms with Crippen molar-refractivity contribution in [3.63, 3.8) is 0 Å². The minimum atomic E-state index is -0.655. The first kappa shape index (κ1) is 23.8. The fourth-order valence-electron chi connectivity index (χ4n) is 4.40. The minimum Gasteiger partial charge on any atom is -0.493 e. The summed E-state index contributed by atoms with van der Waals surface area (Å²) in [6.45, 7) is 5.10. The van der Waals surface area contributed by atoms with Crippen molar-refractivity contribution in [2.24, 2.45) is 0 Å². The number of likely N-dealkylation sites (N-methyl/N-ethyl adjacent to an activating group) is 1. The molecule has 0 aromatic heterocycles. The van der Waals surface area contributed by atoms with E-state index in [4.69, 9.17) is 9.47 Å². The topological polar surface area (TPSA) is 100 Å². The molecule has 32 heavy (non-hydrogen) atoms. The highest BCUT2D eigenvalue weighted by Gasteiger charge is 2.37. The average Bonchev–Trinajstić information content (AvgIpc) is 3.37. The van der Waals surface area contributed by atoms with Gasteiger partial charge in [0.25, 0.3) is 5.91 Å². The Balaban J connectivity index is 1.44. The molecular formula is C23H34N4O5. The molecule has 2 N–H and O–H groups in total. The number of likely N-dealkylation sites (tertiary alicyclic amines) is 1. The third-order valence-corrected chi connectivity index (χ3v) is 6.28. The normalized spacial score (nSPS) is 21.0. The van der Waals surface area contributed by atoms with Crippen LogP contribution in [0.3, 0.4) is 0 Å². The standard InChI is InChI=1S/C23H34N4O5/c1-4-26-12-5-6-17(26)15-24-21(28)10-8-18-22(29)27(23(30)25-18)13-11-16-7-9-19(31-2)20(14-16)32-3/h7,9,14,17-18H,4-6,8,10-13,15H2,1-3H3,(H,24,28)(H,25,30)/t17-,18-/m0/s1. The van der Waals surface area contributed by atoms with Gasteiger partial charge in [-0.1, -0.05) is 13.0 Å². The van der Waals surface area contributed by atoms with E-state index in [2.05, 4.69) is 22.5 Å². The minimum absolute atomic E-state index is 0.0845. The molecule has 2 atom stereocenters. The van der Waals surface area contributed by atoms with E-state index in [-0.39, 0.29) is 24.8 Å². The van der Waals surface area contributed by atoms with Crippen LogP contribution in [0.15, 0.2) is 18.2 Å². The summed E-state index contributed by atoms with van der Waals surface area (Å²) in [5, 5.41) is 5.68. The van der Waals surface area contributed by atoms with Gasteiger partial charge in [-0.15, -0.1) is 0 Å². The maximum atomic E-state index is 12.7. The second kappa shape index (κ2) is 11.2. The van der Waals surface area contributed by atoms with Crippen LogP contribution >= 0.6 is 0 Å². The number of nitrogens with one attached hydrogen (secondary N) is 2. The summed E-state index contributed by atoms with van der Waals surface area (Å²) in [6, 6.07) is 4.84. The van der Waals surface area contributed by atoms with Crippen molar-refractivity contribution in [1.82, 2.24) is 20.4 Å². The lowest BCUT2D eigenvalue weighted by Crippen LogP contribution is -2.40. The molecule has 176 valence electrons. The Bertz CT molecular complexity index is 831. The Morgan fingerprint density at radius 3 is 2.72 bits per heavy atom. The summed E-state index contributed by atoms with van der Waals surface area (Å²) < 4.78 is 10.5. The van der Waals surface area contributed by atoms with Gasteiger partial charge in [0.15, 0.2) is 11.5 Å². The summed E-state index contributed by atoms with van der Waals surface area (Å²) in [6.07, 6.45) is 3.27. The zero-order valence-electron chi connectivity index (χ0n) is 19.2. The van der Waals surface area contributed by atoms with Crippen LogP contribution in [0.5, 0.6) is 11.5 Å². The van der Waals surface area contributed by atoms with Gasteiger partial charge in [0, 0.05) is 25.6 Å². The smallest absolute Gasteiger partial charge is 0.324 e. The third kappa shape index (κ3) is 5.70. The van der Waals surface area contributed by atoms with E-state index in [1.807, 2.05) is 12.1 Å². The van der Waals surface area contributed by atoms with E-state index in [1.54, 1.807) is 20.3 Å². The number of rotatable bonds is 11. The number of amides is 4. The highest BCUT2D eigenvalue weighted by Crippen LogP contribution is 2.28. The van der Waals surface area contributed by atoms with Crippen LogP contribution in [-0.2, 0) is 16.0 Å². The lowest BCUT2D eigenvalue weighted by molar-refractivity contribution is -0.127. The fourth-order valence-corrected chi connectivity index (χ4v) is 4.40. The Kier molecular flexibility index (Phi) is 8.33. The van der Waals surface area contributed by atoms with E-state index in [1.165, 1.54) is 4.90 Å². The molecule has 9 nitrogen and oxygen atoms in total. The number of hydrogen-bond donors (Lipinski definition) is 2. The predicted octanol–water partition coefficient (Wildman–Crippen LogP) is 1.55. The Morgan fingerprint density at radius 2 is 2.00 bits per heavy atom. The van der Waals surface area contributed by atoms with Crippen molar-refractivity contribution in [3.05, 3.63) is 23.8 Å². The molecule has 2 aliphatic heterocycles. The predicted molar refractivity (Wildman–Crippen MR) is 120 cm³/mol. The van der Waals surface area contributed by atoms with Crippen molar-refractivity contribution >= 4 is 17.8 Å². The zero-order valence-corrected chi connectivity index (χ0v) is 19.2. The number of benzene rings is 1. The number of hydrogen-bond acceptors (Lipinski definition) is 6. The second-order valence-corrected chi connectivity index (χ2v) is 8.20. The van der Waals surface area contributed by atoms with E-state index >= 15 is 0 Å². The lowest BCUT2D eigenvalue weighted by Gasteiger charge is -2.22. The molecule has 0 saturated carbocycles. The van der Waals surface area contributed by atoms with Crippen LogP contribution < -0.4 is 20.1 Å². The monoisotopic (exact) mass is 446 g/mol. The number of ether oxygens (including phenoxy) is 2. The molecule has 0 bridgehead atoms. The van der Waals surface area contributed by atoms with Crippen LogP contribution in [-0.4, -0.2) is 80.1 Å². The summed E-state index contributed by atoms with van der Waals surface area (Å²) in [5.74, 6) is 0.862. The van der Waals surface area contributed by atoms with Crippen LogP contribution in [0.25, 0.3) is 0 Å². The summed E-state index contributed by atoms with van der Waals surface area (Å²) in [4.78, 5) is 40.8. The molecule has 2 fully saturated rings. The largest absolute Gasteiger partial charge is 0.493 e. The number of imide groups is 1. The SMILES string of the molecule is CCN1CCC[C@H]1CNC(=O)CC[C@@H]1NC(=O)N(CCc2ccc(OC)c(OC)c2)C1=O. The lowest BCUT2D eigenvalue weighted by atomic mass is 10.1. The molecule has 0 aliphatic carbocycles. The van der Waals surface area contributed by atoms with Gasteiger partial charge in [-0.25, -0.2) is 4.79 Å². The van der Waals surface area contributed by atoms with Gasteiger partial charge >= 0.3 is 6.03 Å². The zero-order chi connectivity index (χ0) is 23.1. The number of urea groups is 1. The van der Waals surface area contributed by atoms with Crippen LogP contribution in [0.4, 0.5) is 4.79 Å². The van der Waals surface area contributed by atoms with Gasteiger partial charge in [-0.05, 0) is 56.5 Å².